The van der Waals surface area contributed by atoms with Gasteiger partial charge in [-0.25, -0.2) is 4.98 Å². The summed E-state index contributed by atoms with van der Waals surface area (Å²) in [6, 6.07) is 4.90. The van der Waals surface area contributed by atoms with Crippen LogP contribution in [-0.2, 0) is 0 Å². The molecule has 3 aromatic rings. The van der Waals surface area contributed by atoms with E-state index in [0.29, 0.717) is 15.9 Å². The van der Waals surface area contributed by atoms with Gasteiger partial charge in [0.05, 0.1) is 11.8 Å². The lowest BCUT2D eigenvalue weighted by Crippen LogP contribution is -2.14. The molecular weight excluding hydrogens is 254 g/mol. The number of imidazole rings is 1. The summed E-state index contributed by atoms with van der Waals surface area (Å²) in [6.07, 6.45) is 4.57. The van der Waals surface area contributed by atoms with Crippen molar-refractivity contribution in [2.24, 2.45) is 0 Å². The Morgan fingerprint density at radius 2 is 2.22 bits per heavy atom. The summed E-state index contributed by atoms with van der Waals surface area (Å²) in [6.45, 7) is 0. The SMILES string of the molecule is O=c1[nH]c2cc(Cl)ccc2c(O)c1-n1ccnc1. The van der Waals surface area contributed by atoms with E-state index in [1.807, 2.05) is 0 Å². The smallest absolute Gasteiger partial charge is 0.276 e. The second kappa shape index (κ2) is 3.89. The maximum absolute atomic E-state index is 12.0. The molecule has 0 atom stereocenters. The summed E-state index contributed by atoms with van der Waals surface area (Å²) in [5, 5.41) is 11.2. The summed E-state index contributed by atoms with van der Waals surface area (Å²) in [4.78, 5) is 18.5. The fourth-order valence-corrected chi connectivity index (χ4v) is 2.05. The molecule has 2 aromatic heterocycles. The Labute approximate surface area is 106 Å². The fraction of sp³-hybridized carbons (Fsp3) is 0. The predicted octanol–water partition coefficient (Wildman–Crippen LogP) is 2.07. The maximum Gasteiger partial charge on any atom is 0.276 e. The minimum atomic E-state index is -0.403. The van der Waals surface area contributed by atoms with Gasteiger partial charge in [-0.05, 0) is 18.2 Å². The van der Waals surface area contributed by atoms with Crippen molar-refractivity contribution in [2.45, 2.75) is 0 Å². The number of nitrogens with zero attached hydrogens (tertiary/aromatic N) is 2. The zero-order chi connectivity index (χ0) is 12.7. The molecule has 5 nitrogen and oxygen atoms in total. The van der Waals surface area contributed by atoms with E-state index < -0.39 is 5.56 Å². The van der Waals surface area contributed by atoms with Crippen LogP contribution >= 0.6 is 11.6 Å². The van der Waals surface area contributed by atoms with E-state index in [0.717, 1.165) is 0 Å². The molecule has 2 heterocycles. The topological polar surface area (TPSA) is 70.9 Å². The van der Waals surface area contributed by atoms with Crippen molar-refractivity contribution >= 4 is 22.5 Å². The third-order valence-electron chi connectivity index (χ3n) is 2.69. The van der Waals surface area contributed by atoms with Crippen LogP contribution in [0.3, 0.4) is 0 Å². The van der Waals surface area contributed by atoms with Crippen molar-refractivity contribution in [1.82, 2.24) is 14.5 Å². The lowest BCUT2D eigenvalue weighted by atomic mass is 10.2. The van der Waals surface area contributed by atoms with Crippen LogP contribution in [0.25, 0.3) is 16.6 Å². The number of hydrogen-bond acceptors (Lipinski definition) is 3. The number of rotatable bonds is 1. The molecule has 0 saturated carbocycles. The normalized spacial score (nSPS) is 10.9. The number of aromatic nitrogens is 3. The molecule has 0 amide bonds. The number of hydrogen-bond donors (Lipinski definition) is 2. The van der Waals surface area contributed by atoms with Gasteiger partial charge in [-0.2, -0.15) is 0 Å². The van der Waals surface area contributed by atoms with Crippen molar-refractivity contribution in [3.05, 3.63) is 52.3 Å². The Bertz CT molecular complexity index is 778. The van der Waals surface area contributed by atoms with E-state index in [1.54, 1.807) is 24.4 Å². The Morgan fingerprint density at radius 3 is 2.94 bits per heavy atom. The first-order valence-corrected chi connectivity index (χ1v) is 5.57. The first-order chi connectivity index (χ1) is 8.66. The van der Waals surface area contributed by atoms with Gasteiger partial charge in [0, 0.05) is 22.8 Å². The van der Waals surface area contributed by atoms with Crippen LogP contribution in [-0.4, -0.2) is 19.6 Å². The van der Waals surface area contributed by atoms with Crippen molar-refractivity contribution in [1.29, 1.82) is 0 Å². The minimum absolute atomic E-state index is 0.0941. The highest BCUT2D eigenvalue weighted by Gasteiger charge is 2.13. The second-order valence-corrected chi connectivity index (χ2v) is 4.25. The summed E-state index contributed by atoms with van der Waals surface area (Å²) in [5.41, 5.74) is 0.233. The molecule has 18 heavy (non-hydrogen) atoms. The number of aromatic hydroxyl groups is 1. The molecule has 0 spiro atoms. The molecule has 3 rings (SSSR count). The van der Waals surface area contributed by atoms with Gasteiger partial charge in [0.1, 0.15) is 0 Å². The van der Waals surface area contributed by atoms with Gasteiger partial charge in [0.15, 0.2) is 11.4 Å². The van der Waals surface area contributed by atoms with Crippen molar-refractivity contribution < 1.29 is 5.11 Å². The van der Waals surface area contributed by atoms with Crippen LogP contribution < -0.4 is 5.56 Å². The van der Waals surface area contributed by atoms with E-state index in [4.69, 9.17) is 11.6 Å². The minimum Gasteiger partial charge on any atom is -0.505 e. The summed E-state index contributed by atoms with van der Waals surface area (Å²) >= 11 is 5.84. The average Bonchev–Trinajstić information content (AvgIpc) is 2.82. The summed E-state index contributed by atoms with van der Waals surface area (Å²) in [7, 11) is 0. The van der Waals surface area contributed by atoms with Crippen LogP contribution in [0.2, 0.25) is 5.02 Å². The molecule has 90 valence electrons. The van der Waals surface area contributed by atoms with Crippen LogP contribution in [0.15, 0.2) is 41.7 Å². The van der Waals surface area contributed by atoms with E-state index in [-0.39, 0.29) is 11.4 Å². The Kier molecular flexibility index (Phi) is 2.34. The van der Waals surface area contributed by atoms with Gasteiger partial charge in [0.25, 0.3) is 5.56 Å². The Hall–Kier alpha value is -2.27. The van der Waals surface area contributed by atoms with Crippen molar-refractivity contribution in [2.75, 3.05) is 0 Å². The van der Waals surface area contributed by atoms with Crippen LogP contribution in [0.5, 0.6) is 5.75 Å². The molecule has 0 aliphatic carbocycles. The Morgan fingerprint density at radius 1 is 1.39 bits per heavy atom. The number of pyridine rings is 1. The standard InChI is InChI=1S/C12H8ClN3O2/c13-7-1-2-8-9(5-7)15-12(18)10(11(8)17)16-4-3-14-6-16/h1-6H,(H2,15,17,18). The largest absolute Gasteiger partial charge is 0.505 e. The zero-order valence-corrected chi connectivity index (χ0v) is 9.85. The van der Waals surface area contributed by atoms with Crippen molar-refractivity contribution in [3.8, 4) is 11.4 Å². The van der Waals surface area contributed by atoms with Crippen LogP contribution in [0.4, 0.5) is 0 Å². The van der Waals surface area contributed by atoms with E-state index in [2.05, 4.69) is 9.97 Å². The molecule has 0 saturated heterocycles. The number of nitrogens with one attached hydrogen (secondary N) is 1. The highest BCUT2D eigenvalue weighted by Crippen LogP contribution is 2.28. The molecule has 0 aliphatic heterocycles. The molecule has 1 aromatic carbocycles. The second-order valence-electron chi connectivity index (χ2n) is 3.81. The highest BCUT2D eigenvalue weighted by molar-refractivity contribution is 6.31. The van der Waals surface area contributed by atoms with E-state index in [1.165, 1.54) is 17.1 Å². The molecular formula is C12H8ClN3O2. The monoisotopic (exact) mass is 261 g/mol. The molecule has 0 bridgehead atoms. The number of halogens is 1. The van der Waals surface area contributed by atoms with Gasteiger partial charge >= 0.3 is 0 Å². The number of aromatic amines is 1. The lowest BCUT2D eigenvalue weighted by Gasteiger charge is -2.07. The summed E-state index contributed by atoms with van der Waals surface area (Å²) in [5.74, 6) is -0.0941. The first kappa shape index (κ1) is 10.9. The fourth-order valence-electron chi connectivity index (χ4n) is 1.87. The van der Waals surface area contributed by atoms with E-state index in [9.17, 15) is 9.90 Å². The molecule has 2 N–H and O–H groups in total. The quantitative estimate of drug-likeness (QED) is 0.704. The van der Waals surface area contributed by atoms with E-state index >= 15 is 0 Å². The number of benzene rings is 1. The lowest BCUT2D eigenvalue weighted by molar-refractivity contribution is 0.477. The third-order valence-corrected chi connectivity index (χ3v) is 2.92. The van der Waals surface area contributed by atoms with Crippen LogP contribution in [0, 0.1) is 0 Å². The van der Waals surface area contributed by atoms with Gasteiger partial charge in [-0.1, -0.05) is 11.6 Å². The molecule has 0 unspecified atom stereocenters. The Balaban J connectivity index is 2.41. The summed E-state index contributed by atoms with van der Waals surface area (Å²) < 4.78 is 1.46. The molecule has 6 heteroatoms. The van der Waals surface area contributed by atoms with Gasteiger partial charge in [-0.3, -0.25) is 9.36 Å². The van der Waals surface area contributed by atoms with Crippen LogP contribution in [0.1, 0.15) is 0 Å². The highest BCUT2D eigenvalue weighted by atomic mass is 35.5. The first-order valence-electron chi connectivity index (χ1n) is 5.19. The van der Waals surface area contributed by atoms with Crippen molar-refractivity contribution in [3.63, 3.8) is 0 Å². The number of H-pyrrole nitrogens is 1. The average molecular weight is 262 g/mol. The number of fused-ring (bicyclic) bond motifs is 1. The molecule has 0 fully saturated rings. The predicted molar refractivity (Wildman–Crippen MR) is 68.4 cm³/mol. The molecule has 0 radical (unpaired) electrons. The van der Waals surface area contributed by atoms with Gasteiger partial charge in [-0.15, -0.1) is 0 Å². The third kappa shape index (κ3) is 1.56. The molecule has 0 aliphatic rings. The zero-order valence-electron chi connectivity index (χ0n) is 9.09. The maximum atomic E-state index is 12.0. The van der Waals surface area contributed by atoms with Gasteiger partial charge in [0.2, 0.25) is 0 Å². The van der Waals surface area contributed by atoms with Gasteiger partial charge < -0.3 is 10.1 Å².